The Labute approximate surface area is 156 Å². The van der Waals surface area contributed by atoms with Crippen molar-refractivity contribution in [3.63, 3.8) is 0 Å². The first kappa shape index (κ1) is 20.2. The van der Waals surface area contributed by atoms with Crippen LogP contribution in [-0.2, 0) is 15.4 Å². The Hall–Kier alpha value is -2.14. The Balaban J connectivity index is 2.09. The Kier molecular flexibility index (Phi) is 6.59. The number of nitrogens with one attached hydrogen (secondary N) is 1. The summed E-state index contributed by atoms with van der Waals surface area (Å²) in [6, 6.07) is 15.1. The monoisotopic (exact) mass is 373 g/mol. The molecule has 0 spiro atoms. The summed E-state index contributed by atoms with van der Waals surface area (Å²) in [7, 11) is -3.86. The summed E-state index contributed by atoms with van der Waals surface area (Å²) in [5.41, 5.74) is 1.51. The molecule has 1 amide bonds. The summed E-state index contributed by atoms with van der Waals surface area (Å²) in [5, 5.41) is 0. The van der Waals surface area contributed by atoms with Crippen LogP contribution in [0.3, 0.4) is 0 Å². The van der Waals surface area contributed by atoms with Crippen molar-refractivity contribution >= 4 is 15.9 Å². The van der Waals surface area contributed by atoms with Gasteiger partial charge < -0.3 is 0 Å². The van der Waals surface area contributed by atoms with Crippen molar-refractivity contribution in [1.29, 1.82) is 0 Å². The van der Waals surface area contributed by atoms with Crippen molar-refractivity contribution in [3.05, 3.63) is 65.7 Å². The Bertz CT molecular complexity index is 825. The van der Waals surface area contributed by atoms with E-state index in [-0.39, 0.29) is 10.3 Å². The molecule has 0 aliphatic rings. The van der Waals surface area contributed by atoms with Gasteiger partial charge in [-0.1, -0.05) is 70.4 Å². The van der Waals surface area contributed by atoms with E-state index in [1.165, 1.54) is 31.4 Å². The fraction of sp³-hybridized carbons (Fsp3) is 0.381. The molecular weight excluding hydrogens is 346 g/mol. The van der Waals surface area contributed by atoms with Gasteiger partial charge in [-0.25, -0.2) is 13.1 Å². The van der Waals surface area contributed by atoms with Crippen LogP contribution in [0.15, 0.2) is 59.5 Å². The molecule has 0 fully saturated rings. The van der Waals surface area contributed by atoms with Crippen molar-refractivity contribution in [2.24, 2.45) is 0 Å². The normalized spacial score (nSPS) is 12.0. The summed E-state index contributed by atoms with van der Waals surface area (Å²) in [6.07, 6.45) is 4.64. The molecular formula is C21H27NO3S. The molecule has 1 N–H and O–H groups in total. The van der Waals surface area contributed by atoms with Gasteiger partial charge in [-0.15, -0.1) is 0 Å². The van der Waals surface area contributed by atoms with Gasteiger partial charge in [0, 0.05) is 5.56 Å². The van der Waals surface area contributed by atoms with Crippen LogP contribution in [0.4, 0.5) is 0 Å². The quantitative estimate of drug-likeness (QED) is 0.684. The summed E-state index contributed by atoms with van der Waals surface area (Å²) in [5.74, 6) is -0.621. The van der Waals surface area contributed by atoms with Gasteiger partial charge in [0.25, 0.3) is 15.9 Å². The van der Waals surface area contributed by atoms with Gasteiger partial charge in [-0.05, 0) is 41.7 Å². The number of carbonyl (C=O) groups is 1. The third kappa shape index (κ3) is 5.18. The molecule has 2 aromatic carbocycles. The van der Waals surface area contributed by atoms with E-state index in [4.69, 9.17) is 0 Å². The molecule has 2 rings (SSSR count). The van der Waals surface area contributed by atoms with Crippen molar-refractivity contribution in [2.45, 2.75) is 56.8 Å². The minimum atomic E-state index is -3.86. The van der Waals surface area contributed by atoms with Crippen LogP contribution in [0.5, 0.6) is 0 Å². The molecule has 0 bridgehead atoms. The molecule has 0 radical (unpaired) electrons. The highest BCUT2D eigenvalue weighted by Gasteiger charge is 2.22. The van der Waals surface area contributed by atoms with Crippen LogP contribution in [0.1, 0.15) is 62.4 Å². The summed E-state index contributed by atoms with van der Waals surface area (Å²) < 4.78 is 26.6. The van der Waals surface area contributed by atoms with Crippen molar-refractivity contribution in [2.75, 3.05) is 0 Å². The molecule has 140 valence electrons. The zero-order chi connectivity index (χ0) is 19.2. The number of carbonyl (C=O) groups excluding carboxylic acids is 1. The first-order chi connectivity index (χ1) is 12.3. The Morgan fingerprint density at radius 2 is 1.58 bits per heavy atom. The lowest BCUT2D eigenvalue weighted by atomic mass is 9.80. The lowest BCUT2D eigenvalue weighted by Crippen LogP contribution is -2.30. The predicted molar refractivity (Wildman–Crippen MR) is 105 cm³/mol. The average Bonchev–Trinajstić information content (AvgIpc) is 2.62. The molecule has 0 heterocycles. The summed E-state index contributed by atoms with van der Waals surface area (Å²) >= 11 is 0. The molecule has 0 aliphatic carbocycles. The standard InChI is InChI=1S/C21H27NO3S/c1-4-5-9-16-21(2,3)18-14-12-17(13-15-18)20(23)22-26(24,25)19-10-7-6-8-11-19/h6-8,10-15H,4-5,9,16H2,1-3H3,(H,22,23). The van der Waals surface area contributed by atoms with E-state index in [0.717, 1.165) is 12.0 Å². The molecule has 0 unspecified atom stereocenters. The minimum Gasteiger partial charge on any atom is -0.268 e. The van der Waals surface area contributed by atoms with Crippen molar-refractivity contribution in [1.82, 2.24) is 4.72 Å². The topological polar surface area (TPSA) is 63.2 Å². The predicted octanol–water partition coefficient (Wildman–Crippen LogP) is 4.66. The number of unbranched alkanes of at least 4 members (excludes halogenated alkanes) is 2. The molecule has 26 heavy (non-hydrogen) atoms. The Morgan fingerprint density at radius 1 is 0.962 bits per heavy atom. The molecule has 4 nitrogen and oxygen atoms in total. The molecule has 0 aromatic heterocycles. The van der Waals surface area contributed by atoms with Crippen LogP contribution >= 0.6 is 0 Å². The van der Waals surface area contributed by atoms with E-state index in [2.05, 4.69) is 25.5 Å². The number of benzene rings is 2. The molecule has 0 atom stereocenters. The highest BCUT2D eigenvalue weighted by Crippen LogP contribution is 2.29. The van der Waals surface area contributed by atoms with E-state index < -0.39 is 15.9 Å². The van der Waals surface area contributed by atoms with E-state index in [0.29, 0.717) is 5.56 Å². The number of sulfonamides is 1. The fourth-order valence-corrected chi connectivity index (χ4v) is 3.87. The highest BCUT2D eigenvalue weighted by atomic mass is 32.2. The van der Waals surface area contributed by atoms with Gasteiger partial charge in [-0.3, -0.25) is 4.79 Å². The van der Waals surface area contributed by atoms with Crippen molar-refractivity contribution < 1.29 is 13.2 Å². The maximum absolute atomic E-state index is 12.3. The fourth-order valence-electron chi connectivity index (χ4n) is 2.87. The van der Waals surface area contributed by atoms with E-state index in [1.54, 1.807) is 30.3 Å². The smallest absolute Gasteiger partial charge is 0.264 e. The molecule has 2 aromatic rings. The van der Waals surface area contributed by atoms with Crippen LogP contribution in [0.25, 0.3) is 0 Å². The van der Waals surface area contributed by atoms with Gasteiger partial charge >= 0.3 is 0 Å². The molecule has 0 saturated carbocycles. The maximum atomic E-state index is 12.3. The minimum absolute atomic E-state index is 0.0281. The number of rotatable bonds is 8. The van der Waals surface area contributed by atoms with Gasteiger partial charge in [0.1, 0.15) is 0 Å². The van der Waals surface area contributed by atoms with Crippen LogP contribution < -0.4 is 4.72 Å². The zero-order valence-electron chi connectivity index (χ0n) is 15.7. The van der Waals surface area contributed by atoms with E-state index in [9.17, 15) is 13.2 Å². The van der Waals surface area contributed by atoms with Gasteiger partial charge in [-0.2, -0.15) is 0 Å². The van der Waals surface area contributed by atoms with Gasteiger partial charge in [0.2, 0.25) is 0 Å². The Morgan fingerprint density at radius 3 is 2.15 bits per heavy atom. The lowest BCUT2D eigenvalue weighted by molar-refractivity contribution is 0.0981. The van der Waals surface area contributed by atoms with Gasteiger partial charge in [0.05, 0.1) is 4.90 Å². The molecule has 0 aliphatic heterocycles. The number of amides is 1. The SMILES string of the molecule is CCCCCC(C)(C)c1ccc(C(=O)NS(=O)(=O)c2ccccc2)cc1. The van der Waals surface area contributed by atoms with E-state index >= 15 is 0 Å². The third-order valence-electron chi connectivity index (χ3n) is 4.61. The third-order valence-corrected chi connectivity index (χ3v) is 5.96. The van der Waals surface area contributed by atoms with Crippen LogP contribution in [0, 0.1) is 0 Å². The van der Waals surface area contributed by atoms with Crippen LogP contribution in [0.2, 0.25) is 0 Å². The molecule has 0 saturated heterocycles. The average molecular weight is 374 g/mol. The largest absolute Gasteiger partial charge is 0.268 e. The second-order valence-corrected chi connectivity index (χ2v) is 8.85. The lowest BCUT2D eigenvalue weighted by Gasteiger charge is -2.25. The maximum Gasteiger partial charge on any atom is 0.264 e. The molecule has 5 heteroatoms. The summed E-state index contributed by atoms with van der Waals surface area (Å²) in [6.45, 7) is 6.57. The van der Waals surface area contributed by atoms with E-state index in [1.807, 2.05) is 12.1 Å². The van der Waals surface area contributed by atoms with Crippen LogP contribution in [-0.4, -0.2) is 14.3 Å². The first-order valence-corrected chi connectivity index (χ1v) is 10.5. The van der Waals surface area contributed by atoms with Gasteiger partial charge in [0.15, 0.2) is 0 Å². The van der Waals surface area contributed by atoms with Crippen molar-refractivity contribution in [3.8, 4) is 0 Å². The number of hydrogen-bond acceptors (Lipinski definition) is 3. The second-order valence-electron chi connectivity index (χ2n) is 7.17. The zero-order valence-corrected chi connectivity index (χ0v) is 16.5. The second kappa shape index (κ2) is 8.49. The first-order valence-electron chi connectivity index (χ1n) is 8.99. The number of hydrogen-bond donors (Lipinski definition) is 1. The summed E-state index contributed by atoms with van der Waals surface area (Å²) in [4.78, 5) is 12.4. The highest BCUT2D eigenvalue weighted by molar-refractivity contribution is 7.90.